The van der Waals surface area contributed by atoms with Crippen LogP contribution in [0.4, 0.5) is 10.1 Å². The van der Waals surface area contributed by atoms with Crippen LogP contribution in [0.5, 0.6) is 11.5 Å². The average Bonchev–Trinajstić information content (AvgIpc) is 2.72. The van der Waals surface area contributed by atoms with E-state index < -0.39 is 0 Å². The van der Waals surface area contributed by atoms with E-state index in [1.165, 1.54) is 12.1 Å². The van der Waals surface area contributed by atoms with Crippen LogP contribution in [-0.2, 0) is 6.54 Å². The number of nitrogens with two attached hydrogens (primary N) is 1. The lowest BCUT2D eigenvalue weighted by Gasteiger charge is -2.36. The highest BCUT2D eigenvalue weighted by molar-refractivity contribution is 14.0. The molecule has 0 unspecified atom stereocenters. The first-order valence-corrected chi connectivity index (χ1v) is 8.87. The first kappa shape index (κ1) is 22.1. The van der Waals surface area contributed by atoms with E-state index in [9.17, 15) is 4.39 Å². The zero-order valence-corrected chi connectivity index (χ0v) is 18.4. The van der Waals surface area contributed by atoms with Crippen molar-refractivity contribution in [2.45, 2.75) is 6.54 Å². The van der Waals surface area contributed by atoms with E-state index >= 15 is 0 Å². The standard InChI is InChI=1S/C20H25FN4O2.HI/c1-26-18-5-3-4-15(19(18)27-2)14-23-20(22)25-12-10-24(11-13-25)17-8-6-16(21)7-9-17;/h3-9H,10-14H2,1-2H3,(H2,22,23);1H. The Hall–Kier alpha value is -2.23. The van der Waals surface area contributed by atoms with Gasteiger partial charge in [-0.1, -0.05) is 12.1 Å². The summed E-state index contributed by atoms with van der Waals surface area (Å²) in [5.74, 6) is 1.65. The van der Waals surface area contributed by atoms with Crippen LogP contribution in [-0.4, -0.2) is 51.3 Å². The van der Waals surface area contributed by atoms with Gasteiger partial charge in [-0.15, -0.1) is 24.0 Å². The molecular weight excluding hydrogens is 474 g/mol. The molecule has 2 N–H and O–H groups in total. The molecule has 0 saturated carbocycles. The number of guanidine groups is 1. The molecule has 2 aromatic rings. The van der Waals surface area contributed by atoms with E-state index in [1.54, 1.807) is 26.4 Å². The minimum atomic E-state index is -0.221. The van der Waals surface area contributed by atoms with Crippen LogP contribution in [0.15, 0.2) is 47.5 Å². The van der Waals surface area contributed by atoms with Gasteiger partial charge in [0, 0.05) is 37.4 Å². The second-order valence-electron chi connectivity index (χ2n) is 6.28. The lowest BCUT2D eigenvalue weighted by molar-refractivity contribution is 0.351. The fraction of sp³-hybridized carbons (Fsp3) is 0.350. The predicted octanol–water partition coefficient (Wildman–Crippen LogP) is 3.10. The van der Waals surface area contributed by atoms with Crippen molar-refractivity contribution in [1.82, 2.24) is 4.90 Å². The van der Waals surface area contributed by atoms with Crippen molar-refractivity contribution in [3.8, 4) is 11.5 Å². The Morgan fingerprint density at radius 3 is 2.32 bits per heavy atom. The smallest absolute Gasteiger partial charge is 0.191 e. The molecule has 152 valence electrons. The van der Waals surface area contributed by atoms with Gasteiger partial charge in [0.15, 0.2) is 17.5 Å². The molecule has 0 amide bonds. The number of hydrogen-bond donors (Lipinski definition) is 1. The maximum Gasteiger partial charge on any atom is 0.191 e. The Balaban J connectivity index is 0.00000280. The molecule has 0 bridgehead atoms. The van der Waals surface area contributed by atoms with Gasteiger partial charge < -0.3 is 25.0 Å². The zero-order chi connectivity index (χ0) is 19.2. The SMILES string of the molecule is COc1cccc(CN=C(N)N2CCN(c3ccc(F)cc3)CC2)c1OC.I. The summed E-state index contributed by atoms with van der Waals surface area (Å²) in [6.07, 6.45) is 0. The minimum absolute atomic E-state index is 0. The second kappa shape index (κ2) is 10.4. The molecule has 2 aromatic carbocycles. The topological polar surface area (TPSA) is 63.3 Å². The number of aliphatic imine (C=N–C) groups is 1. The first-order valence-electron chi connectivity index (χ1n) is 8.87. The van der Waals surface area contributed by atoms with Crippen molar-refractivity contribution in [2.24, 2.45) is 10.7 Å². The molecule has 0 spiro atoms. The minimum Gasteiger partial charge on any atom is -0.493 e. The van der Waals surface area contributed by atoms with Crippen LogP contribution in [0.3, 0.4) is 0 Å². The van der Waals surface area contributed by atoms with E-state index in [-0.39, 0.29) is 29.8 Å². The number of nitrogens with zero attached hydrogens (tertiary/aromatic N) is 3. The highest BCUT2D eigenvalue weighted by Crippen LogP contribution is 2.31. The summed E-state index contributed by atoms with van der Waals surface area (Å²) in [6.45, 7) is 3.57. The molecule has 3 rings (SSSR count). The quantitative estimate of drug-likeness (QED) is 0.389. The van der Waals surface area contributed by atoms with E-state index in [0.717, 1.165) is 37.4 Å². The van der Waals surface area contributed by atoms with Crippen molar-refractivity contribution in [2.75, 3.05) is 45.3 Å². The van der Waals surface area contributed by atoms with Crippen molar-refractivity contribution in [3.63, 3.8) is 0 Å². The van der Waals surface area contributed by atoms with E-state index in [4.69, 9.17) is 15.2 Å². The molecule has 28 heavy (non-hydrogen) atoms. The van der Waals surface area contributed by atoms with Gasteiger partial charge in [0.05, 0.1) is 20.8 Å². The molecule has 6 nitrogen and oxygen atoms in total. The Morgan fingerprint density at radius 2 is 1.71 bits per heavy atom. The molecule has 1 fully saturated rings. The number of methoxy groups -OCH3 is 2. The highest BCUT2D eigenvalue weighted by atomic mass is 127. The van der Waals surface area contributed by atoms with Gasteiger partial charge in [0.1, 0.15) is 5.82 Å². The molecule has 8 heteroatoms. The fourth-order valence-corrected chi connectivity index (χ4v) is 3.19. The number of piperazine rings is 1. The maximum atomic E-state index is 13.1. The normalized spacial score (nSPS) is 14.5. The van der Waals surface area contributed by atoms with Gasteiger partial charge in [-0.2, -0.15) is 0 Å². The Bertz CT molecular complexity index is 793. The third kappa shape index (κ3) is 5.18. The number of benzene rings is 2. The van der Waals surface area contributed by atoms with Gasteiger partial charge in [-0.25, -0.2) is 9.38 Å². The number of para-hydroxylation sites is 1. The summed E-state index contributed by atoms with van der Waals surface area (Å²) in [4.78, 5) is 8.81. The summed E-state index contributed by atoms with van der Waals surface area (Å²) < 4.78 is 23.8. The molecule has 1 heterocycles. The average molecular weight is 500 g/mol. The zero-order valence-electron chi connectivity index (χ0n) is 16.1. The largest absolute Gasteiger partial charge is 0.493 e. The van der Waals surface area contributed by atoms with E-state index in [1.807, 2.05) is 18.2 Å². The van der Waals surface area contributed by atoms with Gasteiger partial charge >= 0.3 is 0 Å². The maximum absolute atomic E-state index is 13.1. The van der Waals surface area contributed by atoms with Crippen LogP contribution in [0, 0.1) is 5.82 Å². The molecule has 0 atom stereocenters. The highest BCUT2D eigenvalue weighted by Gasteiger charge is 2.19. The van der Waals surface area contributed by atoms with Crippen LogP contribution in [0.25, 0.3) is 0 Å². The number of halogens is 2. The van der Waals surface area contributed by atoms with Gasteiger partial charge in [0.25, 0.3) is 0 Å². The van der Waals surface area contributed by atoms with Crippen molar-refractivity contribution in [3.05, 3.63) is 53.8 Å². The molecule has 1 saturated heterocycles. The number of anilines is 1. The summed E-state index contributed by atoms with van der Waals surface area (Å²) >= 11 is 0. The summed E-state index contributed by atoms with van der Waals surface area (Å²) in [5.41, 5.74) is 8.14. The van der Waals surface area contributed by atoms with E-state index in [2.05, 4.69) is 14.8 Å². The summed E-state index contributed by atoms with van der Waals surface area (Å²) in [7, 11) is 3.23. The number of hydrogen-bond acceptors (Lipinski definition) is 4. The molecule has 0 aliphatic carbocycles. The number of rotatable bonds is 5. The predicted molar refractivity (Wildman–Crippen MR) is 120 cm³/mol. The third-order valence-corrected chi connectivity index (χ3v) is 4.69. The third-order valence-electron chi connectivity index (χ3n) is 4.69. The summed E-state index contributed by atoms with van der Waals surface area (Å²) in [6, 6.07) is 12.3. The Morgan fingerprint density at radius 1 is 1.04 bits per heavy atom. The second-order valence-corrected chi connectivity index (χ2v) is 6.28. The Kier molecular flexibility index (Phi) is 8.16. The van der Waals surface area contributed by atoms with Crippen LogP contribution in [0.2, 0.25) is 0 Å². The summed E-state index contributed by atoms with van der Waals surface area (Å²) in [5, 5.41) is 0. The molecule has 1 aliphatic heterocycles. The van der Waals surface area contributed by atoms with Crippen LogP contribution < -0.4 is 20.1 Å². The van der Waals surface area contributed by atoms with Crippen molar-refractivity contribution >= 4 is 35.6 Å². The van der Waals surface area contributed by atoms with Crippen LogP contribution >= 0.6 is 24.0 Å². The van der Waals surface area contributed by atoms with E-state index in [0.29, 0.717) is 24.0 Å². The fourth-order valence-electron chi connectivity index (χ4n) is 3.19. The van der Waals surface area contributed by atoms with Crippen molar-refractivity contribution < 1.29 is 13.9 Å². The van der Waals surface area contributed by atoms with Crippen LogP contribution in [0.1, 0.15) is 5.56 Å². The van der Waals surface area contributed by atoms with Gasteiger partial charge in [-0.05, 0) is 30.3 Å². The van der Waals surface area contributed by atoms with Gasteiger partial charge in [0.2, 0.25) is 0 Å². The Labute approximate surface area is 182 Å². The number of ether oxygens (including phenoxy) is 2. The monoisotopic (exact) mass is 500 g/mol. The molecule has 0 aromatic heterocycles. The molecule has 0 radical (unpaired) electrons. The molecule has 1 aliphatic rings. The first-order chi connectivity index (χ1) is 13.1. The lowest BCUT2D eigenvalue weighted by atomic mass is 10.2. The van der Waals surface area contributed by atoms with Gasteiger partial charge in [-0.3, -0.25) is 0 Å². The lowest BCUT2D eigenvalue weighted by Crippen LogP contribution is -2.51. The van der Waals surface area contributed by atoms with Crippen molar-refractivity contribution in [1.29, 1.82) is 0 Å². The molecular formula is C20H26FIN4O2.